The molecule has 0 heterocycles. The Morgan fingerprint density at radius 3 is 2.75 bits per heavy atom. The second-order valence-electron chi connectivity index (χ2n) is 2.91. The van der Waals surface area contributed by atoms with Crippen molar-refractivity contribution in [1.82, 2.24) is 0 Å². The first-order valence-electron chi connectivity index (χ1n) is 4.35. The van der Waals surface area contributed by atoms with Crippen molar-refractivity contribution in [1.29, 1.82) is 0 Å². The van der Waals surface area contributed by atoms with E-state index in [1.807, 2.05) is 0 Å². The summed E-state index contributed by atoms with van der Waals surface area (Å²) in [5.74, 6) is -0.410. The van der Waals surface area contributed by atoms with Gasteiger partial charge in [-0.25, -0.2) is 0 Å². The predicted octanol–water partition coefficient (Wildman–Crippen LogP) is 3.11. The summed E-state index contributed by atoms with van der Waals surface area (Å²) in [6, 6.07) is 4.34. The van der Waals surface area contributed by atoms with Gasteiger partial charge in [0, 0.05) is 17.0 Å². The van der Waals surface area contributed by atoms with Crippen LogP contribution in [0.15, 0.2) is 22.7 Å². The second kappa shape index (κ2) is 5.79. The summed E-state index contributed by atoms with van der Waals surface area (Å²) in [5, 5.41) is 0. The molecule has 0 saturated carbocycles. The summed E-state index contributed by atoms with van der Waals surface area (Å²) in [5.41, 5.74) is 0.563. The van der Waals surface area contributed by atoms with Gasteiger partial charge in [0.1, 0.15) is 12.4 Å². The van der Waals surface area contributed by atoms with Crippen molar-refractivity contribution in [2.45, 2.75) is 20.1 Å². The van der Waals surface area contributed by atoms with Gasteiger partial charge in [-0.3, -0.25) is 4.79 Å². The average molecular weight is 295 g/mol. The molecule has 0 aromatic heterocycles. The zero-order chi connectivity index (χ0) is 12.1. The van der Waals surface area contributed by atoms with E-state index in [-0.39, 0.29) is 12.4 Å². The molecule has 0 unspecified atom stereocenters. The first-order valence-corrected chi connectivity index (χ1v) is 5.15. The third kappa shape index (κ3) is 4.14. The molecule has 0 aliphatic carbocycles. The van der Waals surface area contributed by atoms with Crippen LogP contribution in [0.4, 0.5) is 8.78 Å². The molecule has 1 aromatic rings. The van der Waals surface area contributed by atoms with Crippen molar-refractivity contribution in [2.24, 2.45) is 0 Å². The van der Waals surface area contributed by atoms with Gasteiger partial charge in [-0.05, 0) is 18.2 Å². The molecule has 0 bridgehead atoms. The molecule has 0 aliphatic heterocycles. The standard InChI is InChI=1S/C10H9BrF2O3/c1-6(14)15-5-7-4-8(16-10(12)13)2-3-9(7)11/h2-4,10H,5H2,1H3. The third-order valence-corrected chi connectivity index (χ3v) is 2.45. The fourth-order valence-electron chi connectivity index (χ4n) is 1.02. The fraction of sp³-hybridized carbons (Fsp3) is 0.300. The van der Waals surface area contributed by atoms with Crippen molar-refractivity contribution in [3.8, 4) is 5.75 Å². The molecule has 0 fully saturated rings. The summed E-state index contributed by atoms with van der Waals surface area (Å²) >= 11 is 3.21. The Hall–Kier alpha value is -1.17. The maximum atomic E-state index is 11.9. The summed E-state index contributed by atoms with van der Waals surface area (Å²) in [4.78, 5) is 10.6. The molecule has 6 heteroatoms. The average Bonchev–Trinajstić information content (AvgIpc) is 2.18. The number of carbonyl (C=O) groups is 1. The minimum atomic E-state index is -2.87. The Morgan fingerprint density at radius 1 is 1.50 bits per heavy atom. The Morgan fingerprint density at radius 2 is 2.19 bits per heavy atom. The van der Waals surface area contributed by atoms with Gasteiger partial charge in [-0.15, -0.1) is 0 Å². The minimum Gasteiger partial charge on any atom is -0.461 e. The molecule has 0 atom stereocenters. The van der Waals surface area contributed by atoms with Crippen LogP contribution in [0, 0.1) is 0 Å². The molecular weight excluding hydrogens is 286 g/mol. The van der Waals surface area contributed by atoms with Gasteiger partial charge in [0.15, 0.2) is 0 Å². The number of halogens is 3. The number of hydrogen-bond acceptors (Lipinski definition) is 3. The molecular formula is C10H9BrF2O3. The molecule has 16 heavy (non-hydrogen) atoms. The molecule has 1 rings (SSSR count). The van der Waals surface area contributed by atoms with Crippen LogP contribution in [0.1, 0.15) is 12.5 Å². The van der Waals surface area contributed by atoms with Crippen LogP contribution in [-0.4, -0.2) is 12.6 Å². The van der Waals surface area contributed by atoms with Crippen LogP contribution in [0.5, 0.6) is 5.75 Å². The quantitative estimate of drug-likeness (QED) is 0.801. The Labute approximate surface area is 99.5 Å². The number of ether oxygens (including phenoxy) is 2. The molecule has 0 radical (unpaired) electrons. The lowest BCUT2D eigenvalue weighted by Gasteiger charge is -2.08. The number of alkyl halides is 2. The van der Waals surface area contributed by atoms with E-state index in [0.29, 0.717) is 10.0 Å². The first kappa shape index (κ1) is 12.9. The van der Waals surface area contributed by atoms with Gasteiger partial charge in [0.2, 0.25) is 0 Å². The highest BCUT2D eigenvalue weighted by atomic mass is 79.9. The monoisotopic (exact) mass is 294 g/mol. The molecule has 0 N–H and O–H groups in total. The van der Waals surface area contributed by atoms with Gasteiger partial charge < -0.3 is 9.47 Å². The van der Waals surface area contributed by atoms with Gasteiger partial charge >= 0.3 is 12.6 Å². The second-order valence-corrected chi connectivity index (χ2v) is 3.77. The highest BCUT2D eigenvalue weighted by molar-refractivity contribution is 9.10. The van der Waals surface area contributed by atoms with Crippen LogP contribution in [0.2, 0.25) is 0 Å². The van der Waals surface area contributed by atoms with E-state index in [1.165, 1.54) is 19.1 Å². The topological polar surface area (TPSA) is 35.5 Å². The number of carbonyl (C=O) groups excluding carboxylic acids is 1. The van der Waals surface area contributed by atoms with Crippen LogP contribution in [0.25, 0.3) is 0 Å². The van der Waals surface area contributed by atoms with Gasteiger partial charge in [-0.1, -0.05) is 15.9 Å². The minimum absolute atomic E-state index is 0.0103. The number of esters is 1. The lowest BCUT2D eigenvalue weighted by molar-refractivity contribution is -0.142. The summed E-state index contributed by atoms with van der Waals surface area (Å²) in [6.45, 7) is -1.59. The van der Waals surface area contributed by atoms with Gasteiger partial charge in [0.05, 0.1) is 0 Å². The van der Waals surface area contributed by atoms with Crippen molar-refractivity contribution in [2.75, 3.05) is 0 Å². The molecule has 0 saturated heterocycles. The van der Waals surface area contributed by atoms with E-state index in [2.05, 4.69) is 20.7 Å². The molecule has 0 aliphatic rings. The summed E-state index contributed by atoms with van der Waals surface area (Å²) in [6.07, 6.45) is 0. The Kier molecular flexibility index (Phi) is 4.67. The van der Waals surface area contributed by atoms with Crippen LogP contribution in [0.3, 0.4) is 0 Å². The van der Waals surface area contributed by atoms with E-state index < -0.39 is 12.6 Å². The SMILES string of the molecule is CC(=O)OCc1cc(OC(F)F)ccc1Br. The zero-order valence-electron chi connectivity index (χ0n) is 8.38. The molecule has 88 valence electrons. The fourth-order valence-corrected chi connectivity index (χ4v) is 1.38. The highest BCUT2D eigenvalue weighted by Crippen LogP contribution is 2.24. The Balaban J connectivity index is 2.77. The van der Waals surface area contributed by atoms with Crippen molar-refractivity contribution < 1.29 is 23.0 Å². The van der Waals surface area contributed by atoms with Crippen molar-refractivity contribution >= 4 is 21.9 Å². The number of benzene rings is 1. The highest BCUT2D eigenvalue weighted by Gasteiger charge is 2.08. The van der Waals surface area contributed by atoms with E-state index in [1.54, 1.807) is 6.07 Å². The third-order valence-electron chi connectivity index (χ3n) is 1.67. The zero-order valence-corrected chi connectivity index (χ0v) is 9.96. The number of hydrogen-bond donors (Lipinski definition) is 0. The van der Waals surface area contributed by atoms with Crippen molar-refractivity contribution in [3.05, 3.63) is 28.2 Å². The van der Waals surface area contributed by atoms with Crippen LogP contribution < -0.4 is 4.74 Å². The van der Waals surface area contributed by atoms with E-state index in [0.717, 1.165) is 0 Å². The van der Waals surface area contributed by atoms with Crippen LogP contribution >= 0.6 is 15.9 Å². The first-order chi connectivity index (χ1) is 7.49. The maximum Gasteiger partial charge on any atom is 0.387 e. The number of rotatable bonds is 4. The van der Waals surface area contributed by atoms with E-state index in [4.69, 9.17) is 4.74 Å². The lowest BCUT2D eigenvalue weighted by Crippen LogP contribution is -2.04. The van der Waals surface area contributed by atoms with Gasteiger partial charge in [0.25, 0.3) is 0 Å². The Bertz CT molecular complexity index is 382. The smallest absolute Gasteiger partial charge is 0.387 e. The molecule has 0 amide bonds. The molecule has 0 spiro atoms. The maximum absolute atomic E-state index is 11.9. The van der Waals surface area contributed by atoms with Crippen LogP contribution in [-0.2, 0) is 16.1 Å². The van der Waals surface area contributed by atoms with E-state index in [9.17, 15) is 13.6 Å². The summed E-state index contributed by atoms with van der Waals surface area (Å²) in [7, 11) is 0. The summed E-state index contributed by atoms with van der Waals surface area (Å²) < 4.78 is 33.5. The van der Waals surface area contributed by atoms with E-state index >= 15 is 0 Å². The normalized spacial score (nSPS) is 10.3. The largest absolute Gasteiger partial charge is 0.461 e. The predicted molar refractivity (Wildman–Crippen MR) is 56.2 cm³/mol. The van der Waals surface area contributed by atoms with Gasteiger partial charge in [-0.2, -0.15) is 8.78 Å². The molecule has 3 nitrogen and oxygen atoms in total. The van der Waals surface area contributed by atoms with Crippen molar-refractivity contribution in [3.63, 3.8) is 0 Å². The molecule has 1 aromatic carbocycles. The lowest BCUT2D eigenvalue weighted by atomic mass is 10.2.